The van der Waals surface area contributed by atoms with Crippen molar-refractivity contribution in [1.82, 2.24) is 0 Å². The molecule has 0 saturated carbocycles. The number of carboxylic acids is 1. The molecule has 0 aromatic heterocycles. The minimum Gasteiger partial charge on any atom is -0.479 e. The average molecular weight is 327 g/mol. The van der Waals surface area contributed by atoms with Crippen LogP contribution in [0.15, 0.2) is 42.5 Å². The van der Waals surface area contributed by atoms with Crippen molar-refractivity contribution in [1.29, 1.82) is 0 Å². The van der Waals surface area contributed by atoms with Crippen molar-refractivity contribution in [3.8, 4) is 5.75 Å². The first-order chi connectivity index (χ1) is 11.3. The molecular formula is C19H21NO4. The van der Waals surface area contributed by atoms with Crippen LogP contribution in [-0.2, 0) is 16.0 Å². The number of benzene rings is 2. The molecule has 0 radical (unpaired) electrons. The zero-order chi connectivity index (χ0) is 17.7. The third kappa shape index (κ3) is 5.12. The third-order valence-electron chi connectivity index (χ3n) is 3.45. The van der Waals surface area contributed by atoms with Gasteiger partial charge in [-0.1, -0.05) is 18.2 Å². The van der Waals surface area contributed by atoms with Gasteiger partial charge in [0.05, 0.1) is 6.42 Å². The van der Waals surface area contributed by atoms with Crippen LogP contribution in [0.1, 0.15) is 23.6 Å². The molecule has 1 atom stereocenters. The Morgan fingerprint density at radius 1 is 1.08 bits per heavy atom. The molecule has 2 aromatic rings. The first kappa shape index (κ1) is 17.5. The molecule has 0 aliphatic rings. The fourth-order valence-corrected chi connectivity index (χ4v) is 2.38. The Hall–Kier alpha value is -2.82. The van der Waals surface area contributed by atoms with Gasteiger partial charge >= 0.3 is 5.97 Å². The van der Waals surface area contributed by atoms with Crippen molar-refractivity contribution in [3.05, 3.63) is 59.2 Å². The predicted molar refractivity (Wildman–Crippen MR) is 92.4 cm³/mol. The van der Waals surface area contributed by atoms with E-state index in [1.54, 1.807) is 24.3 Å². The summed E-state index contributed by atoms with van der Waals surface area (Å²) in [5.74, 6) is -0.664. The lowest BCUT2D eigenvalue weighted by molar-refractivity contribution is -0.144. The molecule has 24 heavy (non-hydrogen) atoms. The van der Waals surface area contributed by atoms with Crippen LogP contribution in [0.4, 0.5) is 5.69 Å². The molecular weight excluding hydrogens is 306 g/mol. The first-order valence-electron chi connectivity index (χ1n) is 7.70. The number of hydrogen-bond donors (Lipinski definition) is 2. The van der Waals surface area contributed by atoms with Crippen LogP contribution in [-0.4, -0.2) is 23.1 Å². The van der Waals surface area contributed by atoms with E-state index in [1.807, 2.05) is 32.0 Å². The number of rotatable bonds is 6. The van der Waals surface area contributed by atoms with Crippen LogP contribution in [0, 0.1) is 13.8 Å². The fraction of sp³-hybridized carbons (Fsp3) is 0.263. The van der Waals surface area contributed by atoms with Gasteiger partial charge in [0.2, 0.25) is 5.91 Å². The molecule has 0 heterocycles. The third-order valence-corrected chi connectivity index (χ3v) is 3.45. The lowest BCUT2D eigenvalue weighted by Gasteiger charge is -2.11. The number of nitrogens with one attached hydrogen (secondary N) is 1. The summed E-state index contributed by atoms with van der Waals surface area (Å²) in [6.45, 7) is 5.44. The smallest absolute Gasteiger partial charge is 0.344 e. The van der Waals surface area contributed by atoms with Crippen molar-refractivity contribution < 1.29 is 19.4 Å². The van der Waals surface area contributed by atoms with Crippen molar-refractivity contribution >= 4 is 17.6 Å². The van der Waals surface area contributed by atoms with Gasteiger partial charge in [-0.25, -0.2) is 4.79 Å². The molecule has 0 fully saturated rings. The molecule has 126 valence electrons. The molecule has 1 amide bonds. The fourth-order valence-electron chi connectivity index (χ4n) is 2.38. The van der Waals surface area contributed by atoms with E-state index < -0.39 is 12.1 Å². The van der Waals surface area contributed by atoms with Gasteiger partial charge in [0.15, 0.2) is 6.10 Å². The van der Waals surface area contributed by atoms with Crippen molar-refractivity contribution in [2.75, 3.05) is 5.32 Å². The van der Waals surface area contributed by atoms with Gasteiger partial charge in [-0.15, -0.1) is 0 Å². The highest BCUT2D eigenvalue weighted by Gasteiger charge is 2.12. The lowest BCUT2D eigenvalue weighted by atomic mass is 10.1. The number of carbonyl (C=O) groups is 2. The molecule has 0 unspecified atom stereocenters. The Bertz CT molecular complexity index is 717. The number of ether oxygens (including phenoxy) is 1. The zero-order valence-electron chi connectivity index (χ0n) is 14.0. The Kier molecular flexibility index (Phi) is 5.58. The average Bonchev–Trinajstić information content (AvgIpc) is 2.47. The summed E-state index contributed by atoms with van der Waals surface area (Å²) in [5, 5.41) is 11.7. The Balaban J connectivity index is 1.95. The number of carbonyl (C=O) groups excluding carboxylic acids is 1. The van der Waals surface area contributed by atoms with Gasteiger partial charge in [-0.2, -0.15) is 0 Å². The SMILES string of the molecule is Cc1cc(C)cc(NC(=O)Cc2ccc(O[C@H](C)C(=O)O)cc2)c1. The van der Waals surface area contributed by atoms with Crippen LogP contribution in [0.3, 0.4) is 0 Å². The second-order valence-electron chi connectivity index (χ2n) is 5.84. The molecule has 0 saturated heterocycles. The normalized spacial score (nSPS) is 11.6. The minimum atomic E-state index is -1.02. The van der Waals surface area contributed by atoms with Gasteiger partial charge in [-0.05, 0) is 61.7 Å². The van der Waals surface area contributed by atoms with Gasteiger partial charge in [0, 0.05) is 5.69 Å². The number of aliphatic carboxylic acids is 1. The van der Waals surface area contributed by atoms with Crippen molar-refractivity contribution in [2.45, 2.75) is 33.3 Å². The maximum absolute atomic E-state index is 12.1. The van der Waals surface area contributed by atoms with Crippen LogP contribution >= 0.6 is 0 Å². The zero-order valence-corrected chi connectivity index (χ0v) is 14.0. The summed E-state index contributed by atoms with van der Waals surface area (Å²) in [5.41, 5.74) is 3.80. The number of carboxylic acid groups (broad SMARTS) is 1. The molecule has 2 aromatic carbocycles. The van der Waals surface area contributed by atoms with E-state index in [0.717, 1.165) is 22.4 Å². The Morgan fingerprint density at radius 3 is 2.21 bits per heavy atom. The summed E-state index contributed by atoms with van der Waals surface area (Å²) >= 11 is 0. The summed E-state index contributed by atoms with van der Waals surface area (Å²) in [4.78, 5) is 22.9. The molecule has 2 N–H and O–H groups in total. The van der Waals surface area contributed by atoms with Crippen molar-refractivity contribution in [2.24, 2.45) is 0 Å². The van der Waals surface area contributed by atoms with Gasteiger partial charge in [-0.3, -0.25) is 4.79 Å². The van der Waals surface area contributed by atoms with Crippen LogP contribution < -0.4 is 10.1 Å². The van der Waals surface area contributed by atoms with Crippen LogP contribution in [0.2, 0.25) is 0 Å². The van der Waals surface area contributed by atoms with E-state index in [1.165, 1.54) is 6.92 Å². The number of aryl methyl sites for hydroxylation is 2. The Morgan fingerprint density at radius 2 is 1.67 bits per heavy atom. The molecule has 5 nitrogen and oxygen atoms in total. The number of amides is 1. The van der Waals surface area contributed by atoms with E-state index in [0.29, 0.717) is 5.75 Å². The monoisotopic (exact) mass is 327 g/mol. The maximum Gasteiger partial charge on any atom is 0.344 e. The molecule has 2 rings (SSSR count). The molecule has 0 bridgehead atoms. The van der Waals surface area contributed by atoms with Crippen LogP contribution in [0.25, 0.3) is 0 Å². The summed E-state index contributed by atoms with van der Waals surface area (Å²) in [7, 11) is 0. The minimum absolute atomic E-state index is 0.104. The summed E-state index contributed by atoms with van der Waals surface area (Å²) < 4.78 is 5.26. The molecule has 0 spiro atoms. The molecule has 5 heteroatoms. The van der Waals surface area contributed by atoms with Gasteiger partial charge in [0.25, 0.3) is 0 Å². The van der Waals surface area contributed by atoms with E-state index in [9.17, 15) is 9.59 Å². The van der Waals surface area contributed by atoms with Crippen molar-refractivity contribution in [3.63, 3.8) is 0 Å². The Labute approximate surface area is 141 Å². The number of anilines is 1. The van der Waals surface area contributed by atoms with E-state index in [4.69, 9.17) is 9.84 Å². The summed E-state index contributed by atoms with van der Waals surface area (Å²) in [6, 6.07) is 12.7. The maximum atomic E-state index is 12.1. The number of hydrogen-bond acceptors (Lipinski definition) is 3. The second kappa shape index (κ2) is 7.64. The lowest BCUT2D eigenvalue weighted by Crippen LogP contribution is -2.22. The van der Waals surface area contributed by atoms with Gasteiger partial charge in [0.1, 0.15) is 5.75 Å². The van der Waals surface area contributed by atoms with E-state index in [-0.39, 0.29) is 12.3 Å². The summed E-state index contributed by atoms with van der Waals surface area (Å²) in [6.07, 6.45) is -0.675. The highest BCUT2D eigenvalue weighted by molar-refractivity contribution is 5.92. The first-order valence-corrected chi connectivity index (χ1v) is 7.70. The predicted octanol–water partition coefficient (Wildman–Crippen LogP) is 3.34. The second-order valence-corrected chi connectivity index (χ2v) is 5.84. The largest absolute Gasteiger partial charge is 0.479 e. The molecule has 0 aliphatic heterocycles. The highest BCUT2D eigenvalue weighted by Crippen LogP contribution is 2.16. The van der Waals surface area contributed by atoms with Gasteiger partial charge < -0.3 is 15.2 Å². The van der Waals surface area contributed by atoms with E-state index in [2.05, 4.69) is 5.32 Å². The highest BCUT2D eigenvalue weighted by atomic mass is 16.5. The molecule has 0 aliphatic carbocycles. The standard InChI is InChI=1S/C19H21NO4/c1-12-8-13(2)10-16(9-12)20-18(21)11-15-4-6-17(7-5-15)24-14(3)19(22)23/h4-10,14H,11H2,1-3H3,(H,20,21)(H,22,23)/t14-/m1/s1. The van der Waals surface area contributed by atoms with E-state index >= 15 is 0 Å². The topological polar surface area (TPSA) is 75.6 Å². The quantitative estimate of drug-likeness (QED) is 0.853. The van der Waals surface area contributed by atoms with Crippen LogP contribution in [0.5, 0.6) is 5.75 Å².